The lowest BCUT2D eigenvalue weighted by atomic mass is 9.84. The molecule has 66 valence electrons. The van der Waals surface area contributed by atoms with Crippen molar-refractivity contribution >= 4 is 0 Å². The summed E-state index contributed by atoms with van der Waals surface area (Å²) in [5.74, 6) is 0.706. The summed E-state index contributed by atoms with van der Waals surface area (Å²) in [5, 5.41) is 9.85. The van der Waals surface area contributed by atoms with Crippen molar-refractivity contribution in [2.45, 2.75) is 39.7 Å². The molecule has 0 aliphatic rings. The van der Waals surface area contributed by atoms with Gasteiger partial charge < -0.3 is 5.11 Å². The van der Waals surface area contributed by atoms with Gasteiger partial charge in [-0.05, 0) is 25.2 Å². The van der Waals surface area contributed by atoms with Gasteiger partial charge in [0.25, 0.3) is 0 Å². The van der Waals surface area contributed by atoms with Crippen molar-refractivity contribution < 1.29 is 5.11 Å². The lowest BCUT2D eigenvalue weighted by Gasteiger charge is -2.29. The van der Waals surface area contributed by atoms with Crippen molar-refractivity contribution in [3.05, 3.63) is 12.7 Å². The van der Waals surface area contributed by atoms with Gasteiger partial charge in [0, 0.05) is 0 Å². The molecular weight excluding hydrogens is 136 g/mol. The minimum atomic E-state index is -0.548. The Bertz CT molecular complexity index is 125. The predicted molar refractivity (Wildman–Crippen MR) is 49.4 cm³/mol. The third-order valence-corrected chi connectivity index (χ3v) is 2.38. The molecule has 0 saturated carbocycles. The molecule has 0 aromatic rings. The van der Waals surface area contributed by atoms with E-state index in [1.165, 1.54) is 0 Å². The van der Waals surface area contributed by atoms with Crippen LogP contribution in [0, 0.1) is 11.8 Å². The molecule has 1 N–H and O–H groups in total. The Labute approximate surface area is 70.1 Å². The molecule has 0 saturated heterocycles. The van der Waals surface area contributed by atoms with Crippen LogP contribution in [0.4, 0.5) is 0 Å². The van der Waals surface area contributed by atoms with E-state index in [2.05, 4.69) is 13.5 Å². The van der Waals surface area contributed by atoms with Crippen molar-refractivity contribution in [1.29, 1.82) is 0 Å². The summed E-state index contributed by atoms with van der Waals surface area (Å²) >= 11 is 0. The number of hydrogen-bond acceptors (Lipinski definition) is 1. The van der Waals surface area contributed by atoms with Crippen LogP contribution in [-0.4, -0.2) is 10.7 Å². The first-order valence-electron chi connectivity index (χ1n) is 4.25. The largest absolute Gasteiger partial charge is 0.390 e. The zero-order valence-corrected chi connectivity index (χ0v) is 8.09. The van der Waals surface area contributed by atoms with Gasteiger partial charge in [0.2, 0.25) is 0 Å². The molecule has 11 heavy (non-hydrogen) atoms. The van der Waals surface area contributed by atoms with Gasteiger partial charge in [-0.3, -0.25) is 0 Å². The molecule has 0 rings (SSSR count). The summed E-state index contributed by atoms with van der Waals surface area (Å²) in [6.07, 6.45) is 2.69. The monoisotopic (exact) mass is 156 g/mol. The van der Waals surface area contributed by atoms with E-state index in [1.54, 1.807) is 0 Å². The molecule has 2 unspecified atom stereocenters. The summed E-state index contributed by atoms with van der Waals surface area (Å²) in [5.41, 5.74) is -0.548. The number of hydrogen-bond donors (Lipinski definition) is 1. The van der Waals surface area contributed by atoms with Crippen LogP contribution in [0.1, 0.15) is 34.1 Å². The molecule has 0 bridgehead atoms. The predicted octanol–water partition coefficient (Wildman–Crippen LogP) is 2.61. The standard InChI is InChI=1S/C10H20O/c1-6-9(4)7-10(5,11)8(2)3/h6,8-9,11H,1,7H2,2-5H3. The maximum Gasteiger partial charge on any atom is 0.0648 e. The highest BCUT2D eigenvalue weighted by Crippen LogP contribution is 2.24. The molecule has 2 atom stereocenters. The Morgan fingerprint density at radius 3 is 2.18 bits per heavy atom. The second-order valence-corrected chi connectivity index (χ2v) is 3.93. The second kappa shape index (κ2) is 3.91. The molecule has 1 heteroatoms. The zero-order valence-electron chi connectivity index (χ0n) is 8.09. The van der Waals surface area contributed by atoms with Crippen LogP contribution in [0.5, 0.6) is 0 Å². The zero-order chi connectivity index (χ0) is 9.07. The van der Waals surface area contributed by atoms with Gasteiger partial charge in [-0.1, -0.05) is 26.8 Å². The first kappa shape index (κ1) is 10.7. The first-order valence-corrected chi connectivity index (χ1v) is 4.25. The quantitative estimate of drug-likeness (QED) is 0.620. The topological polar surface area (TPSA) is 20.2 Å². The highest BCUT2D eigenvalue weighted by molar-refractivity contribution is 4.85. The molecule has 0 aromatic carbocycles. The first-order chi connectivity index (χ1) is 4.90. The lowest BCUT2D eigenvalue weighted by molar-refractivity contribution is -0.00257. The van der Waals surface area contributed by atoms with Gasteiger partial charge in [-0.15, -0.1) is 6.58 Å². The Balaban J connectivity index is 4.00. The van der Waals surface area contributed by atoms with Crippen LogP contribution in [0.3, 0.4) is 0 Å². The lowest BCUT2D eigenvalue weighted by Crippen LogP contribution is -2.32. The molecule has 1 nitrogen and oxygen atoms in total. The average molecular weight is 156 g/mol. The van der Waals surface area contributed by atoms with E-state index in [4.69, 9.17) is 0 Å². The van der Waals surface area contributed by atoms with E-state index >= 15 is 0 Å². The molecule has 0 amide bonds. The van der Waals surface area contributed by atoms with E-state index in [0.717, 1.165) is 6.42 Å². The summed E-state index contributed by atoms with van der Waals surface area (Å²) in [6.45, 7) is 11.7. The Morgan fingerprint density at radius 2 is 1.91 bits per heavy atom. The number of rotatable bonds is 4. The van der Waals surface area contributed by atoms with Gasteiger partial charge >= 0.3 is 0 Å². The van der Waals surface area contributed by atoms with Crippen molar-refractivity contribution in [1.82, 2.24) is 0 Å². The van der Waals surface area contributed by atoms with Gasteiger partial charge in [-0.2, -0.15) is 0 Å². The molecule has 0 fully saturated rings. The molecule has 0 heterocycles. The fourth-order valence-electron chi connectivity index (χ4n) is 0.971. The summed E-state index contributed by atoms with van der Waals surface area (Å²) in [6, 6.07) is 0. The molecule has 0 spiro atoms. The summed E-state index contributed by atoms with van der Waals surface area (Å²) < 4.78 is 0. The van der Waals surface area contributed by atoms with Gasteiger partial charge in [-0.25, -0.2) is 0 Å². The van der Waals surface area contributed by atoms with Crippen molar-refractivity contribution in [3.8, 4) is 0 Å². The Kier molecular flexibility index (Phi) is 3.81. The molecule has 0 aliphatic heterocycles. The van der Waals surface area contributed by atoms with E-state index in [1.807, 2.05) is 26.8 Å². The van der Waals surface area contributed by atoms with Crippen molar-refractivity contribution in [2.24, 2.45) is 11.8 Å². The summed E-state index contributed by atoms with van der Waals surface area (Å²) in [7, 11) is 0. The normalized spacial score (nSPS) is 19.5. The number of allylic oxidation sites excluding steroid dienone is 1. The molecule has 0 aromatic heterocycles. The van der Waals surface area contributed by atoms with Crippen LogP contribution in [-0.2, 0) is 0 Å². The van der Waals surface area contributed by atoms with Crippen molar-refractivity contribution in [3.63, 3.8) is 0 Å². The van der Waals surface area contributed by atoms with E-state index in [0.29, 0.717) is 11.8 Å². The van der Waals surface area contributed by atoms with Gasteiger partial charge in [0.05, 0.1) is 5.60 Å². The maximum atomic E-state index is 9.85. The van der Waals surface area contributed by atoms with Crippen LogP contribution in [0.25, 0.3) is 0 Å². The SMILES string of the molecule is C=CC(C)CC(C)(O)C(C)C. The van der Waals surface area contributed by atoms with Crippen LogP contribution in [0.15, 0.2) is 12.7 Å². The van der Waals surface area contributed by atoms with Crippen LogP contribution in [0.2, 0.25) is 0 Å². The average Bonchev–Trinajstić information content (AvgIpc) is 1.86. The fourth-order valence-corrected chi connectivity index (χ4v) is 0.971. The maximum absolute atomic E-state index is 9.85. The fraction of sp³-hybridized carbons (Fsp3) is 0.800. The minimum absolute atomic E-state index is 0.310. The third-order valence-electron chi connectivity index (χ3n) is 2.38. The summed E-state index contributed by atoms with van der Waals surface area (Å²) in [4.78, 5) is 0. The number of aliphatic hydroxyl groups is 1. The van der Waals surface area contributed by atoms with Crippen LogP contribution >= 0.6 is 0 Å². The Hall–Kier alpha value is -0.300. The highest BCUT2D eigenvalue weighted by Gasteiger charge is 2.25. The van der Waals surface area contributed by atoms with E-state index in [-0.39, 0.29) is 0 Å². The molecular formula is C10H20O. The van der Waals surface area contributed by atoms with E-state index < -0.39 is 5.60 Å². The third kappa shape index (κ3) is 3.57. The van der Waals surface area contributed by atoms with Gasteiger partial charge in [0.15, 0.2) is 0 Å². The van der Waals surface area contributed by atoms with E-state index in [9.17, 15) is 5.11 Å². The second-order valence-electron chi connectivity index (χ2n) is 3.93. The highest BCUT2D eigenvalue weighted by atomic mass is 16.3. The Morgan fingerprint density at radius 1 is 1.45 bits per heavy atom. The van der Waals surface area contributed by atoms with Crippen molar-refractivity contribution in [2.75, 3.05) is 0 Å². The molecule has 0 aliphatic carbocycles. The smallest absolute Gasteiger partial charge is 0.0648 e. The van der Waals surface area contributed by atoms with Crippen LogP contribution < -0.4 is 0 Å². The minimum Gasteiger partial charge on any atom is -0.390 e. The molecule has 0 radical (unpaired) electrons. The van der Waals surface area contributed by atoms with Gasteiger partial charge in [0.1, 0.15) is 0 Å².